The van der Waals surface area contributed by atoms with Gasteiger partial charge in [0.1, 0.15) is 5.75 Å². The van der Waals surface area contributed by atoms with Gasteiger partial charge in [-0.15, -0.1) is 12.4 Å². The number of hydrogen-bond donors (Lipinski definition) is 0. The highest BCUT2D eigenvalue weighted by Gasteiger charge is 1.99. The topological polar surface area (TPSA) is 9.23 Å². The first-order valence-electron chi connectivity index (χ1n) is 5.83. The Bertz CT molecular complexity index is 454. The minimum absolute atomic E-state index is 0. The quantitative estimate of drug-likeness (QED) is 0.779. The van der Waals surface area contributed by atoms with Crippen LogP contribution in [0, 0.1) is 0 Å². The Hall–Kier alpha value is -1.04. The van der Waals surface area contributed by atoms with Gasteiger partial charge in [0.15, 0.2) is 0 Å². The van der Waals surface area contributed by atoms with Crippen LogP contribution >= 0.6 is 21.0 Å². The fourth-order valence-electron chi connectivity index (χ4n) is 1.58. The average molecular weight is 281 g/mol. The molecule has 0 aliphatic carbocycles. The second-order valence-electron chi connectivity index (χ2n) is 4.18. The lowest BCUT2D eigenvalue weighted by Crippen LogP contribution is -2.07. The van der Waals surface area contributed by atoms with Crippen LogP contribution in [0.1, 0.15) is 13.8 Å². The molecule has 0 saturated heterocycles. The van der Waals surface area contributed by atoms with Crippen LogP contribution in [0.4, 0.5) is 0 Å². The van der Waals surface area contributed by atoms with E-state index in [0.717, 1.165) is 5.75 Å². The van der Waals surface area contributed by atoms with Gasteiger partial charge in [0.05, 0.1) is 6.10 Å². The molecular formula is C15H18ClOP. The summed E-state index contributed by atoms with van der Waals surface area (Å²) in [5.41, 5.74) is 0. The molecule has 1 atom stereocenters. The molecule has 0 fully saturated rings. The summed E-state index contributed by atoms with van der Waals surface area (Å²) in [6.07, 6.45) is 0.234. The van der Waals surface area contributed by atoms with Gasteiger partial charge in [-0.2, -0.15) is 0 Å². The molecule has 0 heterocycles. The zero-order valence-electron chi connectivity index (χ0n) is 10.6. The third kappa shape index (κ3) is 4.68. The van der Waals surface area contributed by atoms with Crippen LogP contribution in [0.3, 0.4) is 0 Å². The summed E-state index contributed by atoms with van der Waals surface area (Å²) in [4.78, 5) is 0. The Kier molecular flexibility index (Phi) is 6.18. The van der Waals surface area contributed by atoms with E-state index in [-0.39, 0.29) is 18.5 Å². The summed E-state index contributed by atoms with van der Waals surface area (Å²) in [6.45, 7) is 4.08. The van der Waals surface area contributed by atoms with Crippen molar-refractivity contribution in [1.82, 2.24) is 0 Å². The van der Waals surface area contributed by atoms with Crippen molar-refractivity contribution in [2.45, 2.75) is 20.0 Å². The summed E-state index contributed by atoms with van der Waals surface area (Å²) in [7, 11) is 0.713. The number of hydrogen-bond acceptors (Lipinski definition) is 1. The molecule has 0 radical (unpaired) electrons. The monoisotopic (exact) mass is 280 g/mol. The van der Waals surface area contributed by atoms with Crippen molar-refractivity contribution in [1.29, 1.82) is 0 Å². The van der Waals surface area contributed by atoms with Crippen LogP contribution in [-0.4, -0.2) is 6.10 Å². The molecular weight excluding hydrogens is 263 g/mol. The van der Waals surface area contributed by atoms with Crippen LogP contribution in [0.5, 0.6) is 5.75 Å². The molecule has 18 heavy (non-hydrogen) atoms. The molecule has 2 rings (SSSR count). The first-order valence-corrected chi connectivity index (χ1v) is 6.83. The van der Waals surface area contributed by atoms with Crippen LogP contribution < -0.4 is 15.3 Å². The average Bonchev–Trinajstić information content (AvgIpc) is 2.32. The third-order valence-corrected chi connectivity index (χ3v) is 3.53. The van der Waals surface area contributed by atoms with E-state index in [0.29, 0.717) is 8.58 Å². The molecule has 2 aromatic carbocycles. The van der Waals surface area contributed by atoms with E-state index >= 15 is 0 Å². The van der Waals surface area contributed by atoms with E-state index < -0.39 is 0 Å². The summed E-state index contributed by atoms with van der Waals surface area (Å²) >= 11 is 0. The van der Waals surface area contributed by atoms with Crippen LogP contribution in [0.15, 0.2) is 54.6 Å². The van der Waals surface area contributed by atoms with Crippen molar-refractivity contribution in [3.63, 3.8) is 0 Å². The predicted octanol–water partition coefficient (Wildman–Crippen LogP) is 3.52. The molecule has 96 valence electrons. The first-order chi connectivity index (χ1) is 8.24. The molecule has 1 nitrogen and oxygen atoms in total. The third-order valence-electron chi connectivity index (χ3n) is 2.29. The van der Waals surface area contributed by atoms with Crippen LogP contribution in [0.2, 0.25) is 0 Å². The summed E-state index contributed by atoms with van der Waals surface area (Å²) in [5, 5.41) is 2.71. The zero-order valence-corrected chi connectivity index (χ0v) is 12.4. The predicted molar refractivity (Wildman–Crippen MR) is 83.5 cm³/mol. The lowest BCUT2D eigenvalue weighted by atomic mass is 10.3. The number of benzene rings is 2. The number of rotatable bonds is 4. The van der Waals surface area contributed by atoms with Gasteiger partial charge in [0.2, 0.25) is 0 Å². The zero-order chi connectivity index (χ0) is 12.1. The van der Waals surface area contributed by atoms with E-state index in [1.165, 1.54) is 10.6 Å². The fraction of sp³-hybridized carbons (Fsp3) is 0.200. The van der Waals surface area contributed by atoms with Crippen molar-refractivity contribution in [2.75, 3.05) is 0 Å². The maximum atomic E-state index is 5.62. The highest BCUT2D eigenvalue weighted by atomic mass is 35.5. The Morgan fingerprint density at radius 1 is 0.833 bits per heavy atom. The molecule has 0 aliphatic rings. The number of halogens is 1. The minimum Gasteiger partial charge on any atom is -0.491 e. The Balaban J connectivity index is 0.00000162. The Morgan fingerprint density at radius 3 is 1.94 bits per heavy atom. The maximum absolute atomic E-state index is 5.62. The van der Waals surface area contributed by atoms with Crippen molar-refractivity contribution in [2.24, 2.45) is 0 Å². The van der Waals surface area contributed by atoms with Crippen molar-refractivity contribution < 1.29 is 4.74 Å². The molecule has 0 aliphatic heterocycles. The highest BCUT2D eigenvalue weighted by Crippen LogP contribution is 2.15. The molecule has 0 amide bonds. The van der Waals surface area contributed by atoms with Crippen LogP contribution in [-0.2, 0) is 0 Å². The van der Waals surface area contributed by atoms with Crippen LogP contribution in [0.25, 0.3) is 0 Å². The lowest BCUT2D eigenvalue weighted by Gasteiger charge is -2.10. The molecule has 1 unspecified atom stereocenters. The molecule has 0 N–H and O–H groups in total. The van der Waals surface area contributed by atoms with Gasteiger partial charge in [0.25, 0.3) is 0 Å². The van der Waals surface area contributed by atoms with Gasteiger partial charge in [-0.1, -0.05) is 51.0 Å². The normalized spacial score (nSPS) is 10.6. The Morgan fingerprint density at radius 2 is 1.39 bits per heavy atom. The van der Waals surface area contributed by atoms with E-state index in [1.807, 2.05) is 32.0 Å². The second-order valence-corrected chi connectivity index (χ2v) is 5.59. The van der Waals surface area contributed by atoms with E-state index in [1.54, 1.807) is 0 Å². The SMILES string of the molecule is CC(C)Oc1ccc(Pc2ccccc2)cc1.Cl. The summed E-state index contributed by atoms with van der Waals surface area (Å²) in [6, 6.07) is 18.9. The molecule has 0 bridgehead atoms. The molecule has 0 spiro atoms. The lowest BCUT2D eigenvalue weighted by molar-refractivity contribution is 0.242. The number of ether oxygens (including phenoxy) is 1. The summed E-state index contributed by atoms with van der Waals surface area (Å²) < 4.78 is 5.62. The van der Waals surface area contributed by atoms with E-state index in [2.05, 4.69) is 36.4 Å². The largest absolute Gasteiger partial charge is 0.491 e. The smallest absolute Gasteiger partial charge is 0.119 e. The van der Waals surface area contributed by atoms with Gasteiger partial charge in [-0.3, -0.25) is 0 Å². The van der Waals surface area contributed by atoms with Gasteiger partial charge in [-0.25, -0.2) is 0 Å². The van der Waals surface area contributed by atoms with Gasteiger partial charge in [0, 0.05) is 0 Å². The maximum Gasteiger partial charge on any atom is 0.119 e. The molecule has 2 aromatic rings. The van der Waals surface area contributed by atoms with Gasteiger partial charge < -0.3 is 4.74 Å². The van der Waals surface area contributed by atoms with Crippen molar-refractivity contribution in [3.05, 3.63) is 54.6 Å². The van der Waals surface area contributed by atoms with E-state index in [4.69, 9.17) is 4.74 Å². The second kappa shape index (κ2) is 7.41. The van der Waals surface area contributed by atoms with E-state index in [9.17, 15) is 0 Å². The minimum atomic E-state index is 0. The standard InChI is InChI=1S/C15H17OP.ClH/c1-12(2)16-13-8-10-15(11-9-13)17-14-6-4-3-5-7-14;/h3-12,17H,1-2H3;1H. The van der Waals surface area contributed by atoms with Gasteiger partial charge >= 0.3 is 0 Å². The highest BCUT2D eigenvalue weighted by molar-refractivity contribution is 7.55. The fourth-order valence-corrected chi connectivity index (χ4v) is 2.60. The van der Waals surface area contributed by atoms with Gasteiger partial charge in [-0.05, 0) is 36.6 Å². The van der Waals surface area contributed by atoms with Crippen molar-refractivity contribution >= 4 is 31.6 Å². The Labute approximate surface area is 117 Å². The summed E-state index contributed by atoms with van der Waals surface area (Å²) in [5.74, 6) is 0.946. The van der Waals surface area contributed by atoms with Crippen molar-refractivity contribution in [3.8, 4) is 5.75 Å². The molecule has 0 saturated carbocycles. The first kappa shape index (κ1) is 15.0. The molecule has 0 aromatic heterocycles. The molecule has 3 heteroatoms.